The third-order valence-corrected chi connectivity index (χ3v) is 8.84. The first-order valence-electron chi connectivity index (χ1n) is 15.0. The van der Waals surface area contributed by atoms with E-state index in [2.05, 4.69) is 29.6 Å². The Labute approximate surface area is 252 Å². The zero-order valence-corrected chi connectivity index (χ0v) is 24.8. The van der Waals surface area contributed by atoms with E-state index in [-0.39, 0.29) is 23.5 Å². The van der Waals surface area contributed by atoms with Crippen LogP contribution in [0.3, 0.4) is 0 Å². The first-order chi connectivity index (χ1) is 20.5. The van der Waals surface area contributed by atoms with Crippen LogP contribution in [-0.4, -0.2) is 33.3 Å². The molecule has 0 unspecified atom stereocenters. The molecule has 1 aromatic heterocycles. The normalized spacial score (nSPS) is 13.5. The fraction of sp³-hybridized carbons (Fsp3) is 0.343. The van der Waals surface area contributed by atoms with E-state index in [4.69, 9.17) is 4.98 Å². The monoisotopic (exact) mass is 581 g/mol. The lowest BCUT2D eigenvalue weighted by atomic mass is 9.88. The number of thiazole rings is 1. The minimum atomic E-state index is -0.0628. The molecule has 0 bridgehead atoms. The van der Waals surface area contributed by atoms with Gasteiger partial charge in [0.2, 0.25) is 5.91 Å². The van der Waals surface area contributed by atoms with Gasteiger partial charge < -0.3 is 15.3 Å². The van der Waals surface area contributed by atoms with Crippen molar-refractivity contribution < 1.29 is 14.7 Å². The molecule has 218 valence electrons. The Kier molecular flexibility index (Phi) is 10.4. The lowest BCUT2D eigenvalue weighted by Crippen LogP contribution is -2.36. The molecule has 6 nitrogen and oxygen atoms in total. The van der Waals surface area contributed by atoms with Crippen LogP contribution in [0.15, 0.2) is 84.2 Å². The van der Waals surface area contributed by atoms with E-state index in [9.17, 15) is 14.7 Å². The van der Waals surface area contributed by atoms with Gasteiger partial charge in [0, 0.05) is 35.5 Å². The van der Waals surface area contributed by atoms with Gasteiger partial charge in [-0.25, -0.2) is 4.98 Å². The van der Waals surface area contributed by atoms with Crippen molar-refractivity contribution in [1.82, 2.24) is 15.2 Å². The van der Waals surface area contributed by atoms with Crippen LogP contribution in [0.2, 0.25) is 0 Å². The van der Waals surface area contributed by atoms with Crippen molar-refractivity contribution in [3.05, 3.63) is 107 Å². The highest BCUT2D eigenvalue weighted by Crippen LogP contribution is 2.29. The van der Waals surface area contributed by atoms with Gasteiger partial charge in [-0.05, 0) is 67.5 Å². The van der Waals surface area contributed by atoms with Gasteiger partial charge in [0.1, 0.15) is 10.8 Å². The van der Waals surface area contributed by atoms with Gasteiger partial charge in [-0.2, -0.15) is 0 Å². The Hall–Kier alpha value is -3.97. The van der Waals surface area contributed by atoms with E-state index in [0.717, 1.165) is 66.8 Å². The number of nitrogens with one attached hydrogen (secondary N) is 1. The van der Waals surface area contributed by atoms with E-state index in [1.807, 2.05) is 52.7 Å². The number of aryl methyl sites for hydroxylation is 1. The van der Waals surface area contributed by atoms with Crippen molar-refractivity contribution in [3.8, 4) is 16.3 Å². The standard InChI is InChI=1S/C35H39N3O3S/c39-32-20-14-27(15-21-32)23-38(35(41)30-12-5-2-6-13-30)24-31-25-42-34(37-31)29-18-16-28(17-19-29)33(40)36-22-8-7-11-26-9-3-1-4-10-26/h1,3-4,9-10,14-21,25,30,39H,2,5-8,11-13,22-24H2,(H,36,40). The predicted octanol–water partition coefficient (Wildman–Crippen LogP) is 7.38. The smallest absolute Gasteiger partial charge is 0.251 e. The number of unbranched alkanes of at least 4 members (excludes halogenated alkanes) is 1. The number of aromatic hydroxyl groups is 1. The number of aromatic nitrogens is 1. The lowest BCUT2D eigenvalue weighted by molar-refractivity contribution is -0.138. The van der Waals surface area contributed by atoms with E-state index < -0.39 is 0 Å². The average molecular weight is 582 g/mol. The van der Waals surface area contributed by atoms with Crippen LogP contribution in [-0.2, 0) is 24.3 Å². The zero-order valence-electron chi connectivity index (χ0n) is 24.0. The minimum absolute atomic E-state index is 0.0628. The molecule has 2 N–H and O–H groups in total. The summed E-state index contributed by atoms with van der Waals surface area (Å²) in [5.41, 5.74) is 4.75. The molecule has 2 amide bonds. The van der Waals surface area contributed by atoms with Gasteiger partial charge in [0.15, 0.2) is 0 Å². The maximum atomic E-state index is 13.5. The number of phenols is 1. The van der Waals surface area contributed by atoms with E-state index in [0.29, 0.717) is 25.2 Å². The topological polar surface area (TPSA) is 82.5 Å². The fourth-order valence-electron chi connectivity index (χ4n) is 5.52. The number of amides is 2. The molecular weight excluding hydrogens is 542 g/mol. The molecule has 1 aliphatic rings. The molecule has 7 heteroatoms. The molecule has 42 heavy (non-hydrogen) atoms. The number of nitrogens with zero attached hydrogens (tertiary/aromatic N) is 2. The summed E-state index contributed by atoms with van der Waals surface area (Å²) in [6.45, 7) is 1.58. The van der Waals surface area contributed by atoms with E-state index >= 15 is 0 Å². The van der Waals surface area contributed by atoms with Crippen molar-refractivity contribution in [3.63, 3.8) is 0 Å². The fourth-order valence-corrected chi connectivity index (χ4v) is 6.33. The van der Waals surface area contributed by atoms with Crippen molar-refractivity contribution in [2.75, 3.05) is 6.54 Å². The Morgan fingerprint density at radius 3 is 2.33 bits per heavy atom. The Balaban J connectivity index is 1.17. The molecule has 0 saturated heterocycles. The lowest BCUT2D eigenvalue weighted by Gasteiger charge is -2.29. The number of carbonyl (C=O) groups is 2. The first kappa shape index (κ1) is 29.5. The van der Waals surface area contributed by atoms with E-state index in [1.54, 1.807) is 23.5 Å². The van der Waals surface area contributed by atoms with Gasteiger partial charge in [-0.15, -0.1) is 11.3 Å². The maximum absolute atomic E-state index is 13.5. The van der Waals surface area contributed by atoms with Crippen LogP contribution in [0.4, 0.5) is 0 Å². The summed E-state index contributed by atoms with van der Waals surface area (Å²) in [6.07, 6.45) is 8.29. The molecular formula is C35H39N3O3S. The van der Waals surface area contributed by atoms with Crippen molar-refractivity contribution in [2.24, 2.45) is 5.92 Å². The predicted molar refractivity (Wildman–Crippen MR) is 168 cm³/mol. The highest BCUT2D eigenvalue weighted by atomic mass is 32.1. The number of hydrogen-bond acceptors (Lipinski definition) is 5. The van der Waals surface area contributed by atoms with Crippen LogP contribution in [0, 0.1) is 5.92 Å². The number of hydrogen-bond donors (Lipinski definition) is 2. The average Bonchev–Trinajstić information content (AvgIpc) is 3.51. The zero-order chi connectivity index (χ0) is 29.1. The van der Waals surface area contributed by atoms with Crippen molar-refractivity contribution in [1.29, 1.82) is 0 Å². The molecule has 4 aromatic rings. The molecule has 0 radical (unpaired) electrons. The third-order valence-electron chi connectivity index (χ3n) is 7.90. The summed E-state index contributed by atoms with van der Waals surface area (Å²) in [5, 5.41) is 15.6. The molecule has 5 rings (SSSR count). The first-order valence-corrected chi connectivity index (χ1v) is 15.9. The molecule has 1 fully saturated rings. The molecule has 1 heterocycles. The SMILES string of the molecule is O=C(NCCCCc1ccccc1)c1ccc(-c2nc(CN(Cc3ccc(O)cc3)C(=O)C3CCCCC3)cs2)cc1. The molecule has 0 atom stereocenters. The number of benzene rings is 3. The van der Waals surface area contributed by atoms with E-state index in [1.165, 1.54) is 12.0 Å². The number of rotatable bonds is 12. The molecule has 1 saturated carbocycles. The van der Waals surface area contributed by atoms with Crippen LogP contribution >= 0.6 is 11.3 Å². The second-order valence-corrected chi connectivity index (χ2v) is 12.0. The number of carbonyl (C=O) groups excluding carboxylic acids is 2. The van der Waals surface area contributed by atoms with Gasteiger partial charge in [0.25, 0.3) is 5.91 Å². The number of phenolic OH excluding ortho intramolecular Hbond substituents is 1. The Morgan fingerprint density at radius 2 is 1.60 bits per heavy atom. The van der Waals surface area contributed by atoms with Gasteiger partial charge in [-0.3, -0.25) is 9.59 Å². The summed E-state index contributed by atoms with van der Waals surface area (Å²) in [7, 11) is 0. The highest BCUT2D eigenvalue weighted by molar-refractivity contribution is 7.13. The third kappa shape index (κ3) is 8.29. The minimum Gasteiger partial charge on any atom is -0.508 e. The molecule has 0 aliphatic heterocycles. The van der Waals surface area contributed by atoms with Crippen LogP contribution in [0.25, 0.3) is 10.6 Å². The Bertz CT molecular complexity index is 1430. The highest BCUT2D eigenvalue weighted by Gasteiger charge is 2.27. The second kappa shape index (κ2) is 14.8. The summed E-state index contributed by atoms with van der Waals surface area (Å²) in [6, 6.07) is 25.0. The maximum Gasteiger partial charge on any atom is 0.251 e. The van der Waals surface area contributed by atoms with Crippen LogP contribution in [0.1, 0.15) is 72.1 Å². The molecule has 0 spiro atoms. The van der Waals surface area contributed by atoms with Gasteiger partial charge in [-0.1, -0.05) is 73.9 Å². The second-order valence-electron chi connectivity index (χ2n) is 11.1. The van der Waals surface area contributed by atoms with Crippen molar-refractivity contribution >= 4 is 23.2 Å². The largest absolute Gasteiger partial charge is 0.508 e. The van der Waals surface area contributed by atoms with Gasteiger partial charge in [0.05, 0.1) is 12.2 Å². The summed E-state index contributed by atoms with van der Waals surface area (Å²) < 4.78 is 0. The summed E-state index contributed by atoms with van der Waals surface area (Å²) >= 11 is 1.55. The quantitative estimate of drug-likeness (QED) is 0.171. The van der Waals surface area contributed by atoms with Crippen LogP contribution < -0.4 is 5.32 Å². The summed E-state index contributed by atoms with van der Waals surface area (Å²) in [4.78, 5) is 32.9. The molecule has 3 aromatic carbocycles. The van der Waals surface area contributed by atoms with Crippen LogP contribution in [0.5, 0.6) is 5.75 Å². The van der Waals surface area contributed by atoms with Gasteiger partial charge >= 0.3 is 0 Å². The van der Waals surface area contributed by atoms with Crippen molar-refractivity contribution in [2.45, 2.75) is 64.5 Å². The summed E-state index contributed by atoms with van der Waals surface area (Å²) in [5.74, 6) is 0.409. The molecule has 1 aliphatic carbocycles. The Morgan fingerprint density at radius 1 is 0.857 bits per heavy atom.